The van der Waals surface area contributed by atoms with E-state index in [-0.39, 0.29) is 10.5 Å². The zero-order valence-electron chi connectivity index (χ0n) is 19.4. The molecule has 15 heteroatoms. The summed E-state index contributed by atoms with van der Waals surface area (Å²) in [5.74, 6) is -3.18. The molecule has 0 N–H and O–H groups in total. The van der Waals surface area contributed by atoms with Gasteiger partial charge >= 0.3 is 11.9 Å². The number of fused-ring (bicyclic) bond motifs is 1. The van der Waals surface area contributed by atoms with E-state index in [0.29, 0.717) is 16.4 Å². The van der Waals surface area contributed by atoms with Crippen LogP contribution in [0.5, 0.6) is 0 Å². The van der Waals surface area contributed by atoms with Crippen molar-refractivity contribution in [1.29, 1.82) is 0 Å². The first kappa shape index (κ1) is 27.3. The number of alkyl halides is 3. The first-order chi connectivity index (χ1) is 17.8. The van der Waals surface area contributed by atoms with Gasteiger partial charge in [0, 0.05) is 20.4 Å². The largest absolute Gasteiger partial charge is 0.419 e. The molecule has 2 aromatic carbocycles. The summed E-state index contributed by atoms with van der Waals surface area (Å²) in [7, 11) is -2.39. The average molecular weight is 574 g/mol. The van der Waals surface area contributed by atoms with E-state index in [9.17, 15) is 35.6 Å². The van der Waals surface area contributed by atoms with Gasteiger partial charge in [-0.05, 0) is 36.4 Å². The maximum atomic E-state index is 14.9. The standard InChI is InChI=1S/C23H16ClF4N3O6S/c1-30-16-7-6-15(25)18(21(16)37-22(30)33)20(32)19-17(9-13(24)10-29-19)31(11-36-2)38(34,35)14-5-3-4-12(8-14)23(26,27)28/h3-10H,11H2,1-2H3. The Kier molecular flexibility index (Phi) is 7.07. The zero-order chi connectivity index (χ0) is 28.0. The van der Waals surface area contributed by atoms with Crippen LogP contribution in [0.1, 0.15) is 21.6 Å². The van der Waals surface area contributed by atoms with Crippen LogP contribution in [0.25, 0.3) is 11.1 Å². The summed E-state index contributed by atoms with van der Waals surface area (Å²) < 4.78 is 93.2. The highest BCUT2D eigenvalue weighted by molar-refractivity contribution is 7.92. The summed E-state index contributed by atoms with van der Waals surface area (Å²) in [6.45, 7) is -0.784. The van der Waals surface area contributed by atoms with Gasteiger partial charge in [-0.2, -0.15) is 13.2 Å². The van der Waals surface area contributed by atoms with E-state index in [1.165, 1.54) is 13.1 Å². The van der Waals surface area contributed by atoms with Crippen molar-refractivity contribution in [2.45, 2.75) is 11.1 Å². The maximum absolute atomic E-state index is 14.9. The smallest absolute Gasteiger partial charge is 0.407 e. The summed E-state index contributed by atoms with van der Waals surface area (Å²) >= 11 is 6.02. The molecule has 0 aliphatic carbocycles. The molecule has 0 saturated carbocycles. The van der Waals surface area contributed by atoms with E-state index in [0.717, 1.165) is 42.1 Å². The number of ether oxygens (including phenoxy) is 1. The molecule has 0 saturated heterocycles. The van der Waals surface area contributed by atoms with E-state index >= 15 is 0 Å². The van der Waals surface area contributed by atoms with Gasteiger partial charge in [0.25, 0.3) is 10.0 Å². The van der Waals surface area contributed by atoms with Gasteiger partial charge in [-0.15, -0.1) is 0 Å². The Balaban J connectivity index is 1.94. The number of hydrogen-bond donors (Lipinski definition) is 0. The van der Waals surface area contributed by atoms with E-state index < -0.39 is 73.3 Å². The van der Waals surface area contributed by atoms with Crippen LogP contribution < -0.4 is 10.1 Å². The van der Waals surface area contributed by atoms with Gasteiger partial charge in [0.1, 0.15) is 23.8 Å². The minimum Gasteiger partial charge on any atom is -0.407 e. The number of carbonyl (C=O) groups is 1. The Morgan fingerprint density at radius 2 is 1.92 bits per heavy atom. The third-order valence-corrected chi connectivity index (χ3v) is 7.39. The van der Waals surface area contributed by atoms with Gasteiger partial charge in [0.15, 0.2) is 5.58 Å². The average Bonchev–Trinajstić information content (AvgIpc) is 3.14. The van der Waals surface area contributed by atoms with Crippen molar-refractivity contribution in [2.24, 2.45) is 7.05 Å². The molecule has 0 radical (unpaired) electrons. The fourth-order valence-corrected chi connectivity index (χ4v) is 5.21. The normalized spacial score (nSPS) is 12.2. The fourth-order valence-electron chi connectivity index (χ4n) is 3.64. The Morgan fingerprint density at radius 3 is 2.58 bits per heavy atom. The van der Waals surface area contributed by atoms with Crippen LogP contribution in [-0.2, 0) is 28.0 Å². The topological polar surface area (TPSA) is 112 Å². The molecule has 200 valence electrons. The second-order valence-corrected chi connectivity index (χ2v) is 10.1. The van der Waals surface area contributed by atoms with Crippen molar-refractivity contribution < 1.29 is 39.9 Å². The summed E-state index contributed by atoms with van der Waals surface area (Å²) in [6.07, 6.45) is -3.86. The van der Waals surface area contributed by atoms with Crippen LogP contribution in [0, 0.1) is 5.82 Å². The molecular weight excluding hydrogens is 558 g/mol. The van der Waals surface area contributed by atoms with Gasteiger partial charge < -0.3 is 9.15 Å². The quantitative estimate of drug-likeness (QED) is 0.183. The number of nitrogens with zero attached hydrogens (tertiary/aromatic N) is 3. The third-order valence-electron chi connectivity index (χ3n) is 5.45. The predicted molar refractivity (Wildman–Crippen MR) is 127 cm³/mol. The molecule has 0 spiro atoms. The third kappa shape index (κ3) is 4.77. The lowest BCUT2D eigenvalue weighted by Gasteiger charge is -2.25. The number of oxazole rings is 1. The Bertz CT molecular complexity index is 1730. The summed E-state index contributed by atoms with van der Waals surface area (Å²) in [4.78, 5) is 28.7. The lowest BCUT2D eigenvalue weighted by Crippen LogP contribution is -2.34. The lowest BCUT2D eigenvalue weighted by molar-refractivity contribution is -0.137. The van der Waals surface area contributed by atoms with Crippen LogP contribution in [0.4, 0.5) is 23.2 Å². The molecule has 4 aromatic rings. The molecule has 0 unspecified atom stereocenters. The van der Waals surface area contributed by atoms with Crippen LogP contribution >= 0.6 is 11.6 Å². The molecular formula is C23H16ClF4N3O6S. The van der Waals surface area contributed by atoms with Gasteiger partial charge in [0.2, 0.25) is 5.78 Å². The second kappa shape index (κ2) is 9.85. The molecule has 0 aliphatic heterocycles. The van der Waals surface area contributed by atoms with Crippen molar-refractivity contribution in [3.8, 4) is 0 Å². The monoisotopic (exact) mass is 573 g/mol. The van der Waals surface area contributed by atoms with E-state index in [4.69, 9.17) is 20.8 Å². The number of hydrogen-bond acceptors (Lipinski definition) is 7. The Labute approximate surface area is 216 Å². The van der Waals surface area contributed by atoms with Gasteiger partial charge in [-0.3, -0.25) is 9.36 Å². The summed E-state index contributed by atoms with van der Waals surface area (Å²) in [6, 6.07) is 6.04. The first-order valence-corrected chi connectivity index (χ1v) is 12.3. The molecule has 0 atom stereocenters. The number of halogens is 5. The summed E-state index contributed by atoms with van der Waals surface area (Å²) in [5.41, 5.74) is -3.46. The molecule has 0 aliphatic rings. The predicted octanol–water partition coefficient (Wildman–Crippen LogP) is 4.37. The van der Waals surface area contributed by atoms with Gasteiger partial charge in [-0.25, -0.2) is 26.9 Å². The highest BCUT2D eigenvalue weighted by Gasteiger charge is 2.35. The van der Waals surface area contributed by atoms with Crippen molar-refractivity contribution >= 4 is 44.2 Å². The number of aryl methyl sites for hydroxylation is 1. The van der Waals surface area contributed by atoms with Crippen molar-refractivity contribution in [1.82, 2.24) is 9.55 Å². The Morgan fingerprint density at radius 1 is 1.21 bits per heavy atom. The number of anilines is 1. The molecule has 0 amide bonds. The maximum Gasteiger partial charge on any atom is 0.419 e. The van der Waals surface area contributed by atoms with Crippen LogP contribution in [0.3, 0.4) is 0 Å². The van der Waals surface area contributed by atoms with E-state index in [1.807, 2.05) is 0 Å². The van der Waals surface area contributed by atoms with Crippen molar-refractivity contribution in [3.63, 3.8) is 0 Å². The number of aromatic nitrogens is 2. The number of pyridine rings is 1. The number of benzene rings is 2. The first-order valence-electron chi connectivity index (χ1n) is 10.4. The highest BCUT2D eigenvalue weighted by Crippen LogP contribution is 2.34. The second-order valence-electron chi connectivity index (χ2n) is 7.84. The molecule has 9 nitrogen and oxygen atoms in total. The molecule has 0 bridgehead atoms. The van der Waals surface area contributed by atoms with Gasteiger partial charge in [-0.1, -0.05) is 17.7 Å². The number of sulfonamides is 1. The molecule has 0 fully saturated rings. The fraction of sp³-hybridized carbons (Fsp3) is 0.174. The number of methoxy groups -OCH3 is 1. The summed E-state index contributed by atoms with van der Waals surface area (Å²) in [5, 5.41) is -0.151. The minimum atomic E-state index is -4.84. The van der Waals surface area contributed by atoms with Crippen LogP contribution in [0.2, 0.25) is 5.02 Å². The Hall–Kier alpha value is -3.75. The molecule has 4 rings (SSSR count). The van der Waals surface area contributed by atoms with Crippen molar-refractivity contribution in [3.05, 3.63) is 86.9 Å². The van der Waals surface area contributed by atoms with Crippen LogP contribution in [0.15, 0.2) is 62.8 Å². The highest BCUT2D eigenvalue weighted by atomic mass is 35.5. The van der Waals surface area contributed by atoms with Crippen LogP contribution in [-0.4, -0.2) is 37.6 Å². The molecule has 2 heterocycles. The zero-order valence-corrected chi connectivity index (χ0v) is 21.0. The molecule has 38 heavy (non-hydrogen) atoms. The van der Waals surface area contributed by atoms with Crippen molar-refractivity contribution in [2.75, 3.05) is 18.1 Å². The minimum absolute atomic E-state index is 0.0700. The van der Waals surface area contributed by atoms with E-state index in [2.05, 4.69) is 4.98 Å². The molecule has 2 aromatic heterocycles. The number of rotatable bonds is 7. The number of ketones is 1. The van der Waals surface area contributed by atoms with Gasteiger partial charge in [0.05, 0.1) is 26.7 Å². The van der Waals surface area contributed by atoms with E-state index in [1.54, 1.807) is 0 Å². The number of carbonyl (C=O) groups excluding carboxylic acids is 1. The SMILES string of the molecule is COCN(c1cc(Cl)cnc1C(=O)c1c(F)ccc2c1oc(=O)n2C)S(=O)(=O)c1cccc(C(F)(F)F)c1. The lowest BCUT2D eigenvalue weighted by atomic mass is 10.0.